The number of nitroso groups, excluding NO2 is 1. The number of carbonyl (C=O) groups is 1. The van der Waals surface area contributed by atoms with Crippen LogP contribution in [-0.4, -0.2) is 19.6 Å². The number of esters is 1. The van der Waals surface area contributed by atoms with Crippen LogP contribution in [0, 0.1) is 4.91 Å². The number of para-hydroxylation sites is 1. The summed E-state index contributed by atoms with van der Waals surface area (Å²) in [5.74, 6) is -0.361. The second-order valence-corrected chi connectivity index (χ2v) is 2.87. The molecule has 5 nitrogen and oxygen atoms in total. The Morgan fingerprint density at radius 1 is 1.40 bits per heavy atom. The van der Waals surface area contributed by atoms with Crippen LogP contribution in [0.5, 0.6) is 0 Å². The molecule has 0 saturated carbocycles. The van der Waals surface area contributed by atoms with Crippen molar-refractivity contribution >= 4 is 11.7 Å². The molecule has 0 amide bonds. The molecule has 80 valence electrons. The van der Waals surface area contributed by atoms with E-state index in [0.717, 1.165) is 0 Å². The van der Waals surface area contributed by atoms with Gasteiger partial charge in [0.05, 0.1) is 31.0 Å². The van der Waals surface area contributed by atoms with Crippen LogP contribution in [0.25, 0.3) is 0 Å². The zero-order valence-corrected chi connectivity index (χ0v) is 8.42. The van der Waals surface area contributed by atoms with Crippen LogP contribution in [0.15, 0.2) is 35.6 Å². The van der Waals surface area contributed by atoms with Crippen molar-refractivity contribution in [3.05, 3.63) is 35.2 Å². The summed E-state index contributed by atoms with van der Waals surface area (Å²) in [6.45, 7) is 0.222. The number of hydrogen-bond donors (Lipinski definition) is 0. The minimum atomic E-state index is -0.361. The van der Waals surface area contributed by atoms with Crippen LogP contribution in [0.4, 0.5) is 5.69 Å². The van der Waals surface area contributed by atoms with Crippen molar-refractivity contribution in [2.24, 2.45) is 5.29 Å². The first-order valence-electron chi connectivity index (χ1n) is 4.50. The van der Waals surface area contributed by atoms with Crippen molar-refractivity contribution in [1.29, 1.82) is 0 Å². The lowest BCUT2D eigenvalue weighted by atomic mass is 10.3. The van der Waals surface area contributed by atoms with Gasteiger partial charge in [0.2, 0.25) is 0 Å². The second-order valence-electron chi connectivity index (χ2n) is 2.87. The maximum atomic E-state index is 10.9. The highest BCUT2D eigenvalue weighted by Crippen LogP contribution is 2.13. The molecule has 0 atom stereocenters. The molecular weight excluding hydrogens is 196 g/mol. The minimum absolute atomic E-state index is 0.136. The standard InChI is InChI=1S/C10H12N2O3/c1-15-10(13)7-8-12(11-14)9-5-3-2-4-6-9/h2-6H,7-8H2,1H3. The van der Waals surface area contributed by atoms with E-state index in [0.29, 0.717) is 5.69 Å². The number of ether oxygens (including phenoxy) is 1. The molecular formula is C10H12N2O3. The minimum Gasteiger partial charge on any atom is -0.469 e. The Morgan fingerprint density at radius 3 is 2.60 bits per heavy atom. The maximum Gasteiger partial charge on any atom is 0.307 e. The largest absolute Gasteiger partial charge is 0.469 e. The Hall–Kier alpha value is -1.91. The summed E-state index contributed by atoms with van der Waals surface area (Å²) in [4.78, 5) is 21.4. The zero-order valence-electron chi connectivity index (χ0n) is 8.42. The Balaban J connectivity index is 2.57. The van der Waals surface area contributed by atoms with Crippen molar-refractivity contribution in [3.63, 3.8) is 0 Å². The molecule has 0 radical (unpaired) electrons. The highest BCUT2D eigenvalue weighted by Gasteiger charge is 2.08. The molecule has 1 aromatic carbocycles. The van der Waals surface area contributed by atoms with Gasteiger partial charge in [0.15, 0.2) is 0 Å². The van der Waals surface area contributed by atoms with Crippen molar-refractivity contribution in [1.82, 2.24) is 0 Å². The lowest BCUT2D eigenvalue weighted by molar-refractivity contribution is -0.140. The van der Waals surface area contributed by atoms with E-state index in [2.05, 4.69) is 10.0 Å². The number of hydrogen-bond acceptors (Lipinski definition) is 4. The highest BCUT2D eigenvalue weighted by molar-refractivity contribution is 5.70. The monoisotopic (exact) mass is 208 g/mol. The number of nitrogens with zero attached hydrogens (tertiary/aromatic N) is 2. The molecule has 0 heterocycles. The van der Waals surface area contributed by atoms with Gasteiger partial charge in [-0.1, -0.05) is 18.2 Å². The van der Waals surface area contributed by atoms with E-state index in [1.54, 1.807) is 24.3 Å². The summed E-state index contributed by atoms with van der Waals surface area (Å²) in [7, 11) is 1.31. The Morgan fingerprint density at radius 2 is 2.07 bits per heavy atom. The average molecular weight is 208 g/mol. The maximum absolute atomic E-state index is 10.9. The summed E-state index contributed by atoms with van der Waals surface area (Å²) in [5, 5.41) is 4.06. The van der Waals surface area contributed by atoms with Gasteiger partial charge in [-0.15, -0.1) is 4.91 Å². The molecule has 5 heteroatoms. The van der Waals surface area contributed by atoms with Crippen molar-refractivity contribution in [3.8, 4) is 0 Å². The fourth-order valence-corrected chi connectivity index (χ4v) is 1.12. The van der Waals surface area contributed by atoms with Gasteiger partial charge in [0, 0.05) is 0 Å². The summed E-state index contributed by atoms with van der Waals surface area (Å²) >= 11 is 0. The highest BCUT2D eigenvalue weighted by atomic mass is 16.5. The Bertz CT molecular complexity index is 327. The first-order chi connectivity index (χ1) is 7.27. The van der Waals surface area contributed by atoms with Crippen molar-refractivity contribution in [2.45, 2.75) is 6.42 Å². The van der Waals surface area contributed by atoms with Crippen LogP contribution >= 0.6 is 0 Å². The van der Waals surface area contributed by atoms with Gasteiger partial charge < -0.3 is 4.74 Å². The molecule has 0 unspecified atom stereocenters. The third-order valence-corrected chi connectivity index (χ3v) is 1.91. The summed E-state index contributed by atoms with van der Waals surface area (Å²) in [6, 6.07) is 8.93. The second kappa shape index (κ2) is 5.74. The quantitative estimate of drug-likeness (QED) is 0.420. The number of carbonyl (C=O) groups excluding carboxylic acids is 1. The third-order valence-electron chi connectivity index (χ3n) is 1.91. The number of methoxy groups -OCH3 is 1. The summed E-state index contributed by atoms with van der Waals surface area (Å²) in [6.07, 6.45) is 0.136. The SMILES string of the molecule is COC(=O)CCN(N=O)c1ccccc1. The van der Waals surface area contributed by atoms with Crippen LogP contribution < -0.4 is 5.01 Å². The van der Waals surface area contributed by atoms with Crippen molar-refractivity contribution in [2.75, 3.05) is 18.7 Å². The number of anilines is 1. The van der Waals surface area contributed by atoms with Crippen LogP contribution in [0.3, 0.4) is 0 Å². The van der Waals surface area contributed by atoms with E-state index in [1.165, 1.54) is 12.1 Å². The molecule has 1 aromatic rings. The van der Waals surface area contributed by atoms with Crippen LogP contribution in [0.2, 0.25) is 0 Å². The summed E-state index contributed by atoms with van der Waals surface area (Å²) < 4.78 is 4.47. The van der Waals surface area contributed by atoms with Crippen LogP contribution in [0.1, 0.15) is 6.42 Å². The molecule has 0 aliphatic carbocycles. The van der Waals surface area contributed by atoms with E-state index in [1.807, 2.05) is 6.07 Å². The summed E-state index contributed by atoms with van der Waals surface area (Å²) in [5.41, 5.74) is 0.663. The topological polar surface area (TPSA) is 59.0 Å². The van der Waals surface area contributed by atoms with Crippen LogP contribution in [-0.2, 0) is 9.53 Å². The fourth-order valence-electron chi connectivity index (χ4n) is 1.12. The van der Waals surface area contributed by atoms with Gasteiger partial charge >= 0.3 is 5.97 Å². The van der Waals surface area contributed by atoms with Gasteiger partial charge in [0.25, 0.3) is 0 Å². The Labute approximate surface area is 87.6 Å². The average Bonchev–Trinajstić information content (AvgIpc) is 2.31. The first-order valence-corrected chi connectivity index (χ1v) is 4.50. The van der Waals surface area contributed by atoms with E-state index in [-0.39, 0.29) is 18.9 Å². The van der Waals surface area contributed by atoms with Gasteiger partial charge in [-0.05, 0) is 12.1 Å². The third kappa shape index (κ3) is 3.38. The lowest BCUT2D eigenvalue weighted by Crippen LogP contribution is -2.20. The van der Waals surface area contributed by atoms with Gasteiger partial charge in [-0.25, -0.2) is 5.01 Å². The molecule has 0 bridgehead atoms. The predicted molar refractivity (Wildman–Crippen MR) is 56.2 cm³/mol. The van der Waals surface area contributed by atoms with E-state index in [9.17, 15) is 9.70 Å². The van der Waals surface area contributed by atoms with E-state index in [4.69, 9.17) is 0 Å². The molecule has 15 heavy (non-hydrogen) atoms. The molecule has 0 aromatic heterocycles. The van der Waals surface area contributed by atoms with Crippen molar-refractivity contribution < 1.29 is 9.53 Å². The smallest absolute Gasteiger partial charge is 0.307 e. The van der Waals surface area contributed by atoms with Gasteiger partial charge in [0.1, 0.15) is 0 Å². The van der Waals surface area contributed by atoms with E-state index >= 15 is 0 Å². The van der Waals surface area contributed by atoms with E-state index < -0.39 is 0 Å². The lowest BCUT2D eigenvalue weighted by Gasteiger charge is -2.13. The molecule has 0 aliphatic rings. The fraction of sp³-hybridized carbons (Fsp3) is 0.300. The number of benzene rings is 1. The molecule has 0 aliphatic heterocycles. The zero-order chi connectivity index (χ0) is 11.1. The molecule has 0 N–H and O–H groups in total. The number of rotatable bonds is 5. The molecule has 1 rings (SSSR count). The normalized spacial score (nSPS) is 9.40. The van der Waals surface area contributed by atoms with Gasteiger partial charge in [-0.2, -0.15) is 0 Å². The molecule has 0 spiro atoms. The Kier molecular flexibility index (Phi) is 4.28. The van der Waals surface area contributed by atoms with Gasteiger partial charge in [-0.3, -0.25) is 4.79 Å². The molecule has 0 fully saturated rings. The first kappa shape index (κ1) is 11.2. The molecule has 0 saturated heterocycles. The predicted octanol–water partition coefficient (Wildman–Crippen LogP) is 1.74.